The molecule has 0 unspecified atom stereocenters. The van der Waals surface area contributed by atoms with Crippen LogP contribution >= 0.6 is 23.2 Å². The monoisotopic (exact) mass is 231 g/mol. The van der Waals surface area contributed by atoms with Crippen molar-refractivity contribution in [1.82, 2.24) is 0 Å². The van der Waals surface area contributed by atoms with Gasteiger partial charge in [0.1, 0.15) is 0 Å². The molecule has 0 radical (unpaired) electrons. The Kier molecular flexibility index (Phi) is 3.46. The normalized spacial score (nSPS) is 14.1. The van der Waals surface area contributed by atoms with Crippen LogP contribution < -0.4 is 5.73 Å². The molecular formula is C11H15Cl2N. The van der Waals surface area contributed by atoms with E-state index in [0.717, 1.165) is 5.56 Å². The number of halogens is 2. The van der Waals surface area contributed by atoms with Crippen molar-refractivity contribution in [2.24, 2.45) is 11.1 Å². The Morgan fingerprint density at radius 2 is 1.79 bits per heavy atom. The van der Waals surface area contributed by atoms with Crippen LogP contribution in [0, 0.1) is 5.41 Å². The summed E-state index contributed by atoms with van der Waals surface area (Å²) in [5.41, 5.74) is 6.99. The van der Waals surface area contributed by atoms with Gasteiger partial charge in [-0.15, -0.1) is 0 Å². The number of nitrogens with two attached hydrogens (primary N) is 1. The van der Waals surface area contributed by atoms with Gasteiger partial charge in [0.15, 0.2) is 0 Å². The molecule has 0 bridgehead atoms. The second-order valence-electron chi connectivity index (χ2n) is 4.51. The van der Waals surface area contributed by atoms with Crippen molar-refractivity contribution in [1.29, 1.82) is 0 Å². The van der Waals surface area contributed by atoms with Crippen LogP contribution in [0.2, 0.25) is 10.0 Å². The van der Waals surface area contributed by atoms with Crippen LogP contribution in [-0.2, 0) is 0 Å². The zero-order valence-corrected chi connectivity index (χ0v) is 10.2. The summed E-state index contributed by atoms with van der Waals surface area (Å²) in [6.45, 7) is 6.23. The van der Waals surface area contributed by atoms with Gasteiger partial charge in [-0.05, 0) is 29.2 Å². The Bertz CT molecular complexity index is 329. The highest BCUT2D eigenvalue weighted by molar-refractivity contribution is 6.33. The van der Waals surface area contributed by atoms with E-state index < -0.39 is 0 Å². The highest BCUT2D eigenvalue weighted by atomic mass is 35.5. The smallest absolute Gasteiger partial charge is 0.0454 e. The van der Waals surface area contributed by atoms with E-state index in [2.05, 4.69) is 20.8 Å². The van der Waals surface area contributed by atoms with Crippen LogP contribution in [-0.4, -0.2) is 0 Å². The van der Waals surface area contributed by atoms with Gasteiger partial charge in [0.2, 0.25) is 0 Å². The molecule has 0 aliphatic rings. The fraction of sp³-hybridized carbons (Fsp3) is 0.455. The van der Waals surface area contributed by atoms with E-state index in [-0.39, 0.29) is 11.5 Å². The molecule has 1 aromatic carbocycles. The van der Waals surface area contributed by atoms with Crippen molar-refractivity contribution in [2.45, 2.75) is 26.8 Å². The third-order valence-corrected chi connectivity index (χ3v) is 2.81. The standard InChI is InChI=1S/C11H15Cl2N/c1-11(2,3)10(14)8-6-7(12)4-5-9(8)13/h4-6,10H,14H2,1-3H3/t10-/m0/s1. The Morgan fingerprint density at radius 1 is 1.21 bits per heavy atom. The molecule has 14 heavy (non-hydrogen) atoms. The van der Waals surface area contributed by atoms with Crippen LogP contribution in [0.5, 0.6) is 0 Å². The highest BCUT2D eigenvalue weighted by Crippen LogP contribution is 2.35. The summed E-state index contributed by atoms with van der Waals surface area (Å²) in [7, 11) is 0. The van der Waals surface area contributed by atoms with Gasteiger partial charge < -0.3 is 5.73 Å². The Hall–Kier alpha value is -0.240. The molecule has 78 valence electrons. The van der Waals surface area contributed by atoms with Gasteiger partial charge in [0.05, 0.1) is 0 Å². The SMILES string of the molecule is CC(C)(C)[C@@H](N)c1cc(Cl)ccc1Cl. The van der Waals surface area contributed by atoms with Crippen molar-refractivity contribution < 1.29 is 0 Å². The molecule has 0 aliphatic carbocycles. The zero-order chi connectivity index (χ0) is 10.9. The molecule has 1 atom stereocenters. The average Bonchev–Trinajstić information content (AvgIpc) is 2.06. The summed E-state index contributed by atoms with van der Waals surface area (Å²) >= 11 is 12.0. The summed E-state index contributed by atoms with van der Waals surface area (Å²) in [6, 6.07) is 5.28. The molecule has 1 aromatic rings. The number of benzene rings is 1. The van der Waals surface area contributed by atoms with E-state index in [9.17, 15) is 0 Å². The van der Waals surface area contributed by atoms with Gasteiger partial charge >= 0.3 is 0 Å². The first-order chi connectivity index (χ1) is 6.32. The second kappa shape index (κ2) is 4.09. The Labute approximate surface area is 95.2 Å². The lowest BCUT2D eigenvalue weighted by atomic mass is 9.83. The molecule has 0 saturated carbocycles. The summed E-state index contributed by atoms with van der Waals surface area (Å²) in [5.74, 6) is 0. The minimum atomic E-state index is -0.103. The zero-order valence-electron chi connectivity index (χ0n) is 8.64. The molecular weight excluding hydrogens is 217 g/mol. The fourth-order valence-corrected chi connectivity index (χ4v) is 1.64. The van der Waals surface area contributed by atoms with Crippen LogP contribution in [0.25, 0.3) is 0 Å². The largest absolute Gasteiger partial charge is 0.323 e. The third kappa shape index (κ3) is 2.63. The lowest BCUT2D eigenvalue weighted by molar-refractivity contribution is 0.327. The van der Waals surface area contributed by atoms with Gasteiger partial charge in [0.25, 0.3) is 0 Å². The molecule has 0 spiro atoms. The van der Waals surface area contributed by atoms with Crippen molar-refractivity contribution in [3.8, 4) is 0 Å². The van der Waals surface area contributed by atoms with Crippen molar-refractivity contribution in [3.63, 3.8) is 0 Å². The predicted molar refractivity (Wildman–Crippen MR) is 62.8 cm³/mol. The molecule has 0 fully saturated rings. The molecule has 2 N–H and O–H groups in total. The van der Waals surface area contributed by atoms with E-state index in [4.69, 9.17) is 28.9 Å². The van der Waals surface area contributed by atoms with Crippen LogP contribution in [0.1, 0.15) is 32.4 Å². The molecule has 1 rings (SSSR count). The van der Waals surface area contributed by atoms with Gasteiger partial charge in [0, 0.05) is 16.1 Å². The van der Waals surface area contributed by atoms with E-state index in [1.165, 1.54) is 0 Å². The predicted octanol–water partition coefficient (Wildman–Crippen LogP) is 4.04. The number of hydrogen-bond acceptors (Lipinski definition) is 1. The van der Waals surface area contributed by atoms with Crippen LogP contribution in [0.15, 0.2) is 18.2 Å². The first kappa shape index (κ1) is 11.8. The van der Waals surface area contributed by atoms with E-state index >= 15 is 0 Å². The Balaban J connectivity index is 3.12. The van der Waals surface area contributed by atoms with E-state index in [1.807, 2.05) is 6.07 Å². The lowest BCUT2D eigenvalue weighted by Gasteiger charge is -2.28. The van der Waals surface area contributed by atoms with Crippen molar-refractivity contribution in [3.05, 3.63) is 33.8 Å². The quantitative estimate of drug-likeness (QED) is 0.776. The van der Waals surface area contributed by atoms with Crippen LogP contribution in [0.4, 0.5) is 0 Å². The minimum absolute atomic E-state index is 0.0195. The molecule has 0 amide bonds. The van der Waals surface area contributed by atoms with E-state index in [0.29, 0.717) is 10.0 Å². The molecule has 0 heterocycles. The average molecular weight is 232 g/mol. The van der Waals surface area contributed by atoms with Gasteiger partial charge in [-0.1, -0.05) is 44.0 Å². The highest BCUT2D eigenvalue weighted by Gasteiger charge is 2.24. The first-order valence-electron chi connectivity index (χ1n) is 4.53. The molecule has 0 aromatic heterocycles. The third-order valence-electron chi connectivity index (χ3n) is 2.23. The number of hydrogen-bond donors (Lipinski definition) is 1. The summed E-state index contributed by atoms with van der Waals surface area (Å²) < 4.78 is 0. The minimum Gasteiger partial charge on any atom is -0.323 e. The molecule has 0 aliphatic heterocycles. The van der Waals surface area contributed by atoms with Gasteiger partial charge in [-0.2, -0.15) is 0 Å². The molecule has 3 heteroatoms. The summed E-state index contributed by atoms with van der Waals surface area (Å²) in [4.78, 5) is 0. The molecule has 0 saturated heterocycles. The van der Waals surface area contributed by atoms with Crippen molar-refractivity contribution in [2.75, 3.05) is 0 Å². The maximum atomic E-state index is 6.10. The van der Waals surface area contributed by atoms with E-state index in [1.54, 1.807) is 12.1 Å². The topological polar surface area (TPSA) is 26.0 Å². The summed E-state index contributed by atoms with van der Waals surface area (Å²) in [6.07, 6.45) is 0. The maximum Gasteiger partial charge on any atom is 0.0454 e. The first-order valence-corrected chi connectivity index (χ1v) is 5.28. The molecule has 1 nitrogen and oxygen atoms in total. The van der Waals surface area contributed by atoms with Gasteiger partial charge in [-0.3, -0.25) is 0 Å². The summed E-state index contributed by atoms with van der Waals surface area (Å²) in [5, 5.41) is 1.35. The lowest BCUT2D eigenvalue weighted by Crippen LogP contribution is -2.26. The van der Waals surface area contributed by atoms with Crippen molar-refractivity contribution >= 4 is 23.2 Å². The second-order valence-corrected chi connectivity index (χ2v) is 5.35. The Morgan fingerprint density at radius 3 is 2.29 bits per heavy atom. The number of rotatable bonds is 1. The maximum absolute atomic E-state index is 6.10. The van der Waals surface area contributed by atoms with Crippen LogP contribution in [0.3, 0.4) is 0 Å². The fourth-order valence-electron chi connectivity index (χ4n) is 1.22. The van der Waals surface area contributed by atoms with Gasteiger partial charge in [-0.25, -0.2) is 0 Å².